The zero-order valence-electron chi connectivity index (χ0n) is 7.19. The van der Waals surface area contributed by atoms with Crippen molar-refractivity contribution in [2.45, 2.75) is 46.0 Å². The third kappa shape index (κ3) is 0.810. The molecule has 0 unspecified atom stereocenters. The molecule has 0 saturated heterocycles. The van der Waals surface area contributed by atoms with Crippen molar-refractivity contribution in [2.24, 2.45) is 17.3 Å². The second-order valence-corrected chi connectivity index (χ2v) is 4.50. The summed E-state index contributed by atoms with van der Waals surface area (Å²) in [6.45, 7) is 4.78. The Balaban J connectivity index is 1.97. The molecule has 2 saturated carbocycles. The molecule has 0 N–H and O–H groups in total. The fraction of sp³-hybridized carbons (Fsp3) is 1.00. The van der Waals surface area contributed by atoms with E-state index in [1.807, 2.05) is 0 Å². The predicted octanol–water partition coefficient (Wildman–Crippen LogP) is 3.22. The summed E-state index contributed by atoms with van der Waals surface area (Å²) in [5.74, 6) is 2.19. The second kappa shape index (κ2) is 1.99. The van der Waals surface area contributed by atoms with Crippen molar-refractivity contribution in [1.29, 1.82) is 0 Å². The van der Waals surface area contributed by atoms with Crippen LogP contribution in [-0.4, -0.2) is 0 Å². The van der Waals surface area contributed by atoms with Gasteiger partial charge < -0.3 is 0 Å². The molecule has 0 heterocycles. The molecule has 2 aliphatic carbocycles. The predicted molar refractivity (Wildman–Crippen MR) is 43.8 cm³/mol. The summed E-state index contributed by atoms with van der Waals surface area (Å²) in [7, 11) is 0. The van der Waals surface area contributed by atoms with E-state index in [2.05, 4.69) is 13.8 Å². The van der Waals surface area contributed by atoms with E-state index in [0.717, 1.165) is 17.3 Å². The highest BCUT2D eigenvalue weighted by molar-refractivity contribution is 5.00. The lowest BCUT2D eigenvalue weighted by atomic mass is 9.58. The molecule has 2 fully saturated rings. The van der Waals surface area contributed by atoms with E-state index in [1.54, 1.807) is 12.8 Å². The summed E-state index contributed by atoms with van der Waals surface area (Å²) in [6, 6.07) is 0. The van der Waals surface area contributed by atoms with Gasteiger partial charge in [0.15, 0.2) is 0 Å². The van der Waals surface area contributed by atoms with Gasteiger partial charge in [0, 0.05) is 0 Å². The first-order valence-corrected chi connectivity index (χ1v) is 4.77. The van der Waals surface area contributed by atoms with Crippen LogP contribution >= 0.6 is 0 Å². The van der Waals surface area contributed by atoms with Crippen molar-refractivity contribution < 1.29 is 0 Å². The van der Waals surface area contributed by atoms with Crippen LogP contribution < -0.4 is 0 Å². The second-order valence-electron chi connectivity index (χ2n) is 4.50. The Bertz CT molecular complexity index is 127. The van der Waals surface area contributed by atoms with E-state index < -0.39 is 0 Å². The van der Waals surface area contributed by atoms with Crippen molar-refractivity contribution in [3.05, 3.63) is 0 Å². The Morgan fingerprint density at radius 3 is 2.20 bits per heavy atom. The number of hydrogen-bond acceptors (Lipinski definition) is 0. The molecule has 0 spiro atoms. The number of rotatable bonds is 2. The highest BCUT2D eigenvalue weighted by Gasteiger charge is 2.50. The first-order chi connectivity index (χ1) is 4.77. The summed E-state index contributed by atoms with van der Waals surface area (Å²) < 4.78 is 0. The zero-order valence-corrected chi connectivity index (χ0v) is 7.19. The monoisotopic (exact) mass is 138 g/mol. The van der Waals surface area contributed by atoms with Gasteiger partial charge in [0.05, 0.1) is 0 Å². The lowest BCUT2D eigenvalue weighted by molar-refractivity contribution is 0.0360. The maximum atomic E-state index is 2.40. The van der Waals surface area contributed by atoms with Gasteiger partial charge in [-0.2, -0.15) is 0 Å². The molecule has 0 aromatic carbocycles. The topological polar surface area (TPSA) is 0 Å². The molecule has 2 rings (SSSR count). The molecule has 0 aliphatic heterocycles. The van der Waals surface area contributed by atoms with Gasteiger partial charge in [-0.25, -0.2) is 0 Å². The van der Waals surface area contributed by atoms with Crippen LogP contribution in [0.4, 0.5) is 0 Å². The molecule has 2 aliphatic rings. The van der Waals surface area contributed by atoms with Crippen molar-refractivity contribution >= 4 is 0 Å². The number of hydrogen-bond donors (Lipinski definition) is 0. The molecule has 0 nitrogen and oxygen atoms in total. The molecule has 0 heteroatoms. The molecule has 0 aromatic heterocycles. The normalized spacial score (nSPS) is 46.8. The fourth-order valence-electron chi connectivity index (χ4n) is 2.93. The zero-order chi connectivity index (χ0) is 7.19. The van der Waals surface area contributed by atoms with Crippen LogP contribution in [0.15, 0.2) is 0 Å². The first-order valence-electron chi connectivity index (χ1n) is 4.77. The van der Waals surface area contributed by atoms with Gasteiger partial charge in [0.2, 0.25) is 0 Å². The smallest absolute Gasteiger partial charge is 0.0267 e. The molecule has 0 atom stereocenters. The van der Waals surface area contributed by atoms with Crippen LogP contribution in [0.25, 0.3) is 0 Å². The van der Waals surface area contributed by atoms with Gasteiger partial charge >= 0.3 is 0 Å². The molecular formula is C10H18. The molecule has 0 amide bonds. The molecule has 0 bridgehead atoms. The van der Waals surface area contributed by atoms with Gasteiger partial charge in [-0.15, -0.1) is 0 Å². The van der Waals surface area contributed by atoms with Crippen LogP contribution in [0.2, 0.25) is 0 Å². The van der Waals surface area contributed by atoms with Gasteiger partial charge in [0.1, 0.15) is 0 Å². The van der Waals surface area contributed by atoms with E-state index in [9.17, 15) is 0 Å². The van der Waals surface area contributed by atoms with E-state index in [1.165, 1.54) is 19.3 Å². The molecule has 10 heavy (non-hydrogen) atoms. The minimum Gasteiger partial charge on any atom is -0.0648 e. The summed E-state index contributed by atoms with van der Waals surface area (Å²) in [5, 5.41) is 0. The fourth-order valence-corrected chi connectivity index (χ4v) is 2.93. The summed E-state index contributed by atoms with van der Waals surface area (Å²) in [6.07, 6.45) is 7.60. The Hall–Kier alpha value is 0. The Morgan fingerprint density at radius 2 is 1.90 bits per heavy atom. The average molecular weight is 138 g/mol. The third-order valence-corrected chi connectivity index (χ3v) is 3.66. The first kappa shape index (κ1) is 6.69. The van der Waals surface area contributed by atoms with E-state index in [4.69, 9.17) is 0 Å². The molecule has 0 aromatic rings. The quantitative estimate of drug-likeness (QED) is 0.549. The maximum Gasteiger partial charge on any atom is -0.0267 e. The molecule has 0 radical (unpaired) electrons. The summed E-state index contributed by atoms with van der Waals surface area (Å²) in [4.78, 5) is 0. The molecular weight excluding hydrogens is 120 g/mol. The Morgan fingerprint density at radius 1 is 1.30 bits per heavy atom. The van der Waals surface area contributed by atoms with Gasteiger partial charge in [-0.05, 0) is 42.9 Å². The van der Waals surface area contributed by atoms with Crippen LogP contribution in [0.3, 0.4) is 0 Å². The largest absolute Gasteiger partial charge is 0.0648 e. The Labute approximate surface area is 64.0 Å². The van der Waals surface area contributed by atoms with E-state index >= 15 is 0 Å². The van der Waals surface area contributed by atoms with Crippen LogP contribution in [0, 0.1) is 17.3 Å². The minimum atomic E-state index is 0.847. The SMILES string of the molecule is CCC1(C2CC2)CC(C)C1. The van der Waals surface area contributed by atoms with Crippen molar-refractivity contribution in [2.75, 3.05) is 0 Å². The minimum absolute atomic E-state index is 0.847. The van der Waals surface area contributed by atoms with Crippen molar-refractivity contribution in [3.63, 3.8) is 0 Å². The summed E-state index contributed by atoms with van der Waals surface area (Å²) in [5.41, 5.74) is 0.847. The average Bonchev–Trinajstić information content (AvgIpc) is 2.61. The standard InChI is InChI=1S/C10H18/c1-3-10(9-4-5-9)6-8(2)7-10/h8-9H,3-7H2,1-2H3. The Kier molecular flexibility index (Phi) is 1.33. The lowest BCUT2D eigenvalue weighted by Crippen LogP contribution is -2.37. The van der Waals surface area contributed by atoms with Crippen molar-refractivity contribution in [3.8, 4) is 0 Å². The summed E-state index contributed by atoms with van der Waals surface area (Å²) >= 11 is 0. The highest BCUT2D eigenvalue weighted by Crippen LogP contribution is 2.60. The van der Waals surface area contributed by atoms with E-state index in [-0.39, 0.29) is 0 Å². The third-order valence-electron chi connectivity index (χ3n) is 3.66. The van der Waals surface area contributed by atoms with Crippen LogP contribution in [-0.2, 0) is 0 Å². The van der Waals surface area contributed by atoms with E-state index in [0.29, 0.717) is 0 Å². The van der Waals surface area contributed by atoms with Gasteiger partial charge in [0.25, 0.3) is 0 Å². The van der Waals surface area contributed by atoms with Crippen LogP contribution in [0.1, 0.15) is 46.0 Å². The molecule has 58 valence electrons. The van der Waals surface area contributed by atoms with Gasteiger partial charge in [-0.1, -0.05) is 20.3 Å². The lowest BCUT2D eigenvalue weighted by Gasteiger charge is -2.47. The maximum absolute atomic E-state index is 2.40. The van der Waals surface area contributed by atoms with Crippen molar-refractivity contribution in [1.82, 2.24) is 0 Å². The highest BCUT2D eigenvalue weighted by atomic mass is 14.5. The van der Waals surface area contributed by atoms with Crippen LogP contribution in [0.5, 0.6) is 0 Å². The van der Waals surface area contributed by atoms with Gasteiger partial charge in [-0.3, -0.25) is 0 Å².